The molecule has 1 N–H and O–H groups in total. The minimum atomic E-state index is -4.92. The third-order valence-corrected chi connectivity index (χ3v) is 1.34. The van der Waals surface area contributed by atoms with E-state index in [1.54, 1.807) is 0 Å². The first kappa shape index (κ1) is 14.4. The van der Waals surface area contributed by atoms with E-state index in [9.17, 15) is 0 Å². The Kier molecular flexibility index (Phi) is 8.95. The van der Waals surface area contributed by atoms with E-state index in [-0.39, 0.29) is 1.43 Å². The molecule has 0 radical (unpaired) electrons. The monoisotopic (exact) mass is 199 g/mol. The normalized spacial score (nSPS) is 10.8. The van der Waals surface area contributed by atoms with Gasteiger partial charge in [0.25, 0.3) is 0 Å². The highest BCUT2D eigenvalue weighted by Crippen LogP contribution is 1.81. The zero-order valence-corrected chi connectivity index (χ0v) is 8.47. The van der Waals surface area contributed by atoms with Gasteiger partial charge in [-0.3, -0.25) is 4.55 Å². The second kappa shape index (κ2) is 7.48. The van der Waals surface area contributed by atoms with Crippen molar-refractivity contribution in [2.45, 2.75) is 20.8 Å². The molecule has 0 aliphatic rings. The zero-order valence-electron chi connectivity index (χ0n) is 8.65. The summed E-state index contributed by atoms with van der Waals surface area (Å²) < 4.78 is 32.8. The van der Waals surface area contributed by atoms with Gasteiger partial charge >= 0.3 is 1.43 Å². The molecule has 0 aromatic carbocycles. The predicted octanol–water partition coefficient (Wildman–Crippen LogP) is 0.465. The molecule has 0 aromatic heterocycles. The second-order valence-corrected chi connectivity index (χ2v) is 2.90. The summed E-state index contributed by atoms with van der Waals surface area (Å²) in [4.78, 5) is 2.38. The summed E-state index contributed by atoms with van der Waals surface area (Å²) in [5.41, 5.74) is 0. The van der Waals surface area contributed by atoms with Gasteiger partial charge in [-0.2, -0.15) is 0 Å². The fourth-order valence-corrected chi connectivity index (χ4v) is 0.671. The predicted molar refractivity (Wildman–Crippen MR) is 46.9 cm³/mol. The molecule has 0 saturated heterocycles. The number of hydrogen-bond acceptors (Lipinski definition) is 4. The van der Waals surface area contributed by atoms with Gasteiger partial charge in [-0.05, 0) is 19.6 Å². The molecule has 0 atom stereocenters. The summed E-state index contributed by atoms with van der Waals surface area (Å²) in [6.45, 7) is 10.1. The Balaban J connectivity index is -0.000000150. The fraction of sp³-hybridized carbons (Fsp3) is 1.00. The third-order valence-electron chi connectivity index (χ3n) is 1.34. The lowest BCUT2D eigenvalue weighted by molar-refractivity contribution is 0.321. The first-order chi connectivity index (χ1) is 5.35. The van der Waals surface area contributed by atoms with Crippen molar-refractivity contribution in [3.8, 4) is 0 Å². The van der Waals surface area contributed by atoms with Crippen LogP contribution in [0.5, 0.6) is 0 Å². The van der Waals surface area contributed by atoms with Crippen LogP contribution in [0.4, 0.5) is 0 Å². The SMILES string of the molecule is CCN(CC)CC.O=S(=O)([O-])O.[H+]. The van der Waals surface area contributed by atoms with Gasteiger partial charge in [0.05, 0.1) is 0 Å². The van der Waals surface area contributed by atoms with Gasteiger partial charge in [0.15, 0.2) is 0 Å². The minimum Gasteiger partial charge on any atom is -0.726 e. The largest absolute Gasteiger partial charge is 1.00 e. The van der Waals surface area contributed by atoms with Crippen molar-refractivity contribution >= 4 is 10.4 Å². The Morgan fingerprint density at radius 2 is 1.42 bits per heavy atom. The van der Waals surface area contributed by atoms with Crippen molar-refractivity contribution in [1.82, 2.24) is 4.90 Å². The average Bonchev–Trinajstić information content (AvgIpc) is 1.88. The highest BCUT2D eigenvalue weighted by molar-refractivity contribution is 7.79. The van der Waals surface area contributed by atoms with Gasteiger partial charge in [-0.15, -0.1) is 0 Å². The Hall–Kier alpha value is -0.170. The van der Waals surface area contributed by atoms with Crippen LogP contribution in [-0.2, 0) is 10.4 Å². The summed E-state index contributed by atoms with van der Waals surface area (Å²) in [5.74, 6) is 0. The average molecular weight is 199 g/mol. The molecule has 0 spiro atoms. The molecule has 0 bridgehead atoms. The number of nitrogens with zero attached hydrogens (tertiary/aromatic N) is 1. The highest BCUT2D eigenvalue weighted by Gasteiger charge is 1.89. The zero-order chi connectivity index (χ0) is 10.2. The summed E-state index contributed by atoms with van der Waals surface area (Å²) in [6, 6.07) is 0. The van der Waals surface area contributed by atoms with Crippen LogP contribution >= 0.6 is 0 Å². The van der Waals surface area contributed by atoms with Gasteiger partial charge in [-0.1, -0.05) is 20.8 Å². The maximum atomic E-state index is 8.63. The quantitative estimate of drug-likeness (QED) is 0.527. The maximum absolute atomic E-state index is 8.63. The molecule has 0 saturated carbocycles. The van der Waals surface area contributed by atoms with Crippen molar-refractivity contribution in [2.75, 3.05) is 19.6 Å². The fourth-order valence-electron chi connectivity index (χ4n) is 0.671. The van der Waals surface area contributed by atoms with Crippen LogP contribution < -0.4 is 0 Å². The lowest BCUT2D eigenvalue weighted by Crippen LogP contribution is -2.21. The standard InChI is InChI=1S/C6H15N.H2O4S/c1-4-7(5-2)6-3;1-5(2,3)4/h4-6H2,1-3H3;(H2,1,2,3,4). The van der Waals surface area contributed by atoms with Crippen LogP contribution in [-0.4, -0.2) is 42.1 Å². The molecule has 0 unspecified atom stereocenters. The highest BCUT2D eigenvalue weighted by atomic mass is 32.3. The smallest absolute Gasteiger partial charge is 0.726 e. The first-order valence-corrected chi connectivity index (χ1v) is 5.12. The van der Waals surface area contributed by atoms with E-state index in [0.717, 1.165) is 0 Å². The molecule has 6 heteroatoms. The van der Waals surface area contributed by atoms with E-state index in [1.807, 2.05) is 0 Å². The van der Waals surface area contributed by atoms with E-state index in [2.05, 4.69) is 25.7 Å². The lowest BCUT2D eigenvalue weighted by atomic mass is 10.5. The first-order valence-electron chi connectivity index (χ1n) is 3.75. The molecule has 0 aliphatic heterocycles. The van der Waals surface area contributed by atoms with Crippen molar-refractivity contribution in [3.05, 3.63) is 0 Å². The maximum Gasteiger partial charge on any atom is 1.00 e. The summed E-state index contributed by atoms with van der Waals surface area (Å²) in [5, 5.41) is 0. The molecule has 0 rings (SSSR count). The second-order valence-electron chi connectivity index (χ2n) is 2.05. The topological polar surface area (TPSA) is 80.7 Å². The summed E-state index contributed by atoms with van der Waals surface area (Å²) >= 11 is 0. The van der Waals surface area contributed by atoms with E-state index in [4.69, 9.17) is 17.5 Å². The number of rotatable bonds is 3. The van der Waals surface area contributed by atoms with Gasteiger partial charge < -0.3 is 9.45 Å². The Morgan fingerprint density at radius 3 is 1.42 bits per heavy atom. The molecule has 76 valence electrons. The van der Waals surface area contributed by atoms with E-state index in [1.165, 1.54) is 19.6 Å². The molecule has 0 heterocycles. The minimum absolute atomic E-state index is 0. The molecular weight excluding hydrogens is 182 g/mol. The van der Waals surface area contributed by atoms with Gasteiger partial charge in [0.1, 0.15) is 0 Å². The van der Waals surface area contributed by atoms with Crippen LogP contribution in [0.25, 0.3) is 0 Å². The van der Waals surface area contributed by atoms with E-state index < -0.39 is 10.4 Å². The Labute approximate surface area is 75.4 Å². The Bertz CT molecular complexity index is 166. The summed E-state index contributed by atoms with van der Waals surface area (Å²) in [7, 11) is -4.92. The lowest BCUT2D eigenvalue weighted by Gasteiger charge is -2.13. The molecule has 12 heavy (non-hydrogen) atoms. The van der Waals surface area contributed by atoms with Gasteiger partial charge in [0.2, 0.25) is 10.4 Å². The molecule has 0 aliphatic carbocycles. The molecule has 0 amide bonds. The van der Waals surface area contributed by atoms with Crippen LogP contribution in [0.2, 0.25) is 0 Å². The van der Waals surface area contributed by atoms with Crippen molar-refractivity contribution in [3.63, 3.8) is 0 Å². The van der Waals surface area contributed by atoms with Crippen LogP contribution in [0.15, 0.2) is 0 Å². The van der Waals surface area contributed by atoms with Crippen molar-refractivity contribution < 1.29 is 18.9 Å². The molecule has 5 nitrogen and oxygen atoms in total. The summed E-state index contributed by atoms with van der Waals surface area (Å²) in [6.07, 6.45) is 0. The van der Waals surface area contributed by atoms with Gasteiger partial charge in [-0.25, -0.2) is 8.42 Å². The van der Waals surface area contributed by atoms with E-state index in [0.29, 0.717) is 0 Å². The van der Waals surface area contributed by atoms with Gasteiger partial charge in [0, 0.05) is 0 Å². The van der Waals surface area contributed by atoms with E-state index >= 15 is 0 Å². The number of hydrogen-bond donors (Lipinski definition) is 1. The van der Waals surface area contributed by atoms with Crippen LogP contribution in [0.1, 0.15) is 22.2 Å². The molecule has 0 fully saturated rings. The molecular formula is C6H17NO4S. The third kappa shape index (κ3) is 22.5. The Morgan fingerprint density at radius 1 is 1.25 bits per heavy atom. The van der Waals surface area contributed by atoms with Crippen molar-refractivity contribution in [2.24, 2.45) is 0 Å². The molecule has 0 aromatic rings. The van der Waals surface area contributed by atoms with Crippen LogP contribution in [0, 0.1) is 0 Å². The van der Waals surface area contributed by atoms with Crippen molar-refractivity contribution in [1.29, 1.82) is 0 Å². The van der Waals surface area contributed by atoms with Crippen LogP contribution in [0.3, 0.4) is 0 Å².